The van der Waals surface area contributed by atoms with Crippen LogP contribution in [-0.2, 0) is 11.5 Å². The molecular weight excluding hydrogens is 442 g/mol. The summed E-state index contributed by atoms with van der Waals surface area (Å²) >= 11 is 0. The highest BCUT2D eigenvalue weighted by molar-refractivity contribution is 5.50. The van der Waals surface area contributed by atoms with Crippen molar-refractivity contribution in [2.75, 3.05) is 0 Å². The third-order valence-corrected chi connectivity index (χ3v) is 7.57. The maximum Gasteiger partial charge on any atom is 0.426 e. The number of hydrogen-bond acceptors (Lipinski definition) is 2. The van der Waals surface area contributed by atoms with Gasteiger partial charge in [-0.05, 0) is 78.7 Å². The van der Waals surface area contributed by atoms with E-state index < -0.39 is 11.5 Å². The number of hydrogen-bond donors (Lipinski definition) is 1. The van der Waals surface area contributed by atoms with Crippen molar-refractivity contribution in [1.82, 2.24) is 0 Å². The molecule has 0 spiro atoms. The van der Waals surface area contributed by atoms with Gasteiger partial charge in [-0.3, -0.25) is 0 Å². The van der Waals surface area contributed by atoms with Gasteiger partial charge >= 0.3 is 6.11 Å². The first kappa shape index (κ1) is 27.5. The van der Waals surface area contributed by atoms with E-state index >= 15 is 8.78 Å². The lowest BCUT2D eigenvalue weighted by molar-refractivity contribution is -0.185. The summed E-state index contributed by atoms with van der Waals surface area (Å²) < 4.78 is 35.7. The summed E-state index contributed by atoms with van der Waals surface area (Å²) in [7, 11) is 0. The van der Waals surface area contributed by atoms with E-state index in [1.54, 1.807) is 6.07 Å². The summed E-state index contributed by atoms with van der Waals surface area (Å²) in [4.78, 5) is 0. The number of alkyl halides is 2. The maximum absolute atomic E-state index is 15.2. The third kappa shape index (κ3) is 6.98. The van der Waals surface area contributed by atoms with Crippen molar-refractivity contribution in [1.29, 1.82) is 0 Å². The maximum atomic E-state index is 15.2. The van der Waals surface area contributed by atoms with Gasteiger partial charge < -0.3 is 9.84 Å². The number of ether oxygens (including phenoxy) is 1. The van der Waals surface area contributed by atoms with Crippen LogP contribution in [0.1, 0.15) is 127 Å². The molecule has 0 bridgehead atoms. The fourth-order valence-corrected chi connectivity index (χ4v) is 5.32. The molecule has 2 nitrogen and oxygen atoms in total. The number of phenols is 1. The summed E-state index contributed by atoms with van der Waals surface area (Å²) in [6.07, 6.45) is 6.54. The Morgan fingerprint density at radius 2 is 1.60 bits per heavy atom. The lowest BCUT2D eigenvalue weighted by atomic mass is 9.77. The summed E-state index contributed by atoms with van der Waals surface area (Å²) in [5.41, 5.74) is 1.82. The number of rotatable bonds is 9. The lowest BCUT2D eigenvalue weighted by Gasteiger charge is -2.29. The number of halogens is 2. The van der Waals surface area contributed by atoms with Gasteiger partial charge in [-0.1, -0.05) is 79.4 Å². The molecule has 194 valence electrons. The Kier molecular flexibility index (Phi) is 8.88. The van der Waals surface area contributed by atoms with Gasteiger partial charge in [0.05, 0.1) is 5.56 Å². The monoisotopic (exact) mass is 486 g/mol. The zero-order chi connectivity index (χ0) is 25.8. The van der Waals surface area contributed by atoms with E-state index in [9.17, 15) is 5.11 Å². The van der Waals surface area contributed by atoms with Gasteiger partial charge in [-0.2, -0.15) is 8.78 Å². The van der Waals surface area contributed by atoms with Crippen LogP contribution >= 0.6 is 0 Å². The second-order valence-corrected chi connectivity index (χ2v) is 11.8. The largest absolute Gasteiger partial charge is 0.507 e. The Morgan fingerprint density at radius 1 is 0.971 bits per heavy atom. The first-order valence-electron chi connectivity index (χ1n) is 13.5. The van der Waals surface area contributed by atoms with E-state index in [2.05, 4.69) is 6.92 Å². The van der Waals surface area contributed by atoms with Crippen LogP contribution in [0.3, 0.4) is 0 Å². The Hall–Kier alpha value is -2.10. The zero-order valence-corrected chi connectivity index (χ0v) is 22.5. The molecule has 2 aromatic rings. The molecule has 0 unspecified atom stereocenters. The van der Waals surface area contributed by atoms with Gasteiger partial charge in [0.2, 0.25) is 0 Å². The molecule has 2 aromatic carbocycles. The van der Waals surface area contributed by atoms with Crippen LogP contribution < -0.4 is 4.74 Å². The molecule has 0 aromatic heterocycles. The zero-order valence-electron chi connectivity index (χ0n) is 22.5. The molecule has 0 amide bonds. The summed E-state index contributed by atoms with van der Waals surface area (Å²) in [6, 6.07) is 9.81. The molecule has 0 atom stereocenters. The molecule has 1 aliphatic carbocycles. The fourth-order valence-electron chi connectivity index (χ4n) is 5.32. The minimum absolute atomic E-state index is 0.0192. The van der Waals surface area contributed by atoms with E-state index in [4.69, 9.17) is 4.74 Å². The van der Waals surface area contributed by atoms with Gasteiger partial charge in [0.15, 0.2) is 0 Å². The number of phenolic OH excluding ortho intramolecular Hbond substituents is 1. The van der Waals surface area contributed by atoms with Gasteiger partial charge in [0, 0.05) is 11.1 Å². The van der Waals surface area contributed by atoms with Crippen molar-refractivity contribution < 1.29 is 18.6 Å². The molecule has 4 heteroatoms. The Bertz CT molecular complexity index is 949. The van der Waals surface area contributed by atoms with Gasteiger partial charge in [-0.15, -0.1) is 0 Å². The molecule has 0 radical (unpaired) electrons. The highest BCUT2D eigenvalue weighted by Crippen LogP contribution is 2.43. The smallest absolute Gasteiger partial charge is 0.426 e. The van der Waals surface area contributed by atoms with Crippen molar-refractivity contribution in [3.63, 3.8) is 0 Å². The van der Waals surface area contributed by atoms with E-state index in [-0.39, 0.29) is 23.0 Å². The minimum Gasteiger partial charge on any atom is -0.507 e. The van der Waals surface area contributed by atoms with Crippen LogP contribution in [0.2, 0.25) is 0 Å². The minimum atomic E-state index is -3.46. The van der Waals surface area contributed by atoms with E-state index in [0.29, 0.717) is 17.0 Å². The normalized spacial score (nSPS) is 19.2. The van der Waals surface area contributed by atoms with E-state index in [1.807, 2.05) is 46.8 Å². The summed E-state index contributed by atoms with van der Waals surface area (Å²) in [5, 5.41) is 10.7. The van der Waals surface area contributed by atoms with Crippen LogP contribution in [0.25, 0.3) is 0 Å². The molecule has 1 N–H and O–H groups in total. The van der Waals surface area contributed by atoms with E-state index in [1.165, 1.54) is 56.7 Å². The molecule has 0 aliphatic heterocycles. The van der Waals surface area contributed by atoms with E-state index in [0.717, 1.165) is 24.3 Å². The number of benzene rings is 2. The molecular formula is C31H44F2O2. The van der Waals surface area contributed by atoms with Crippen LogP contribution in [0, 0.1) is 5.92 Å². The molecule has 0 heterocycles. The van der Waals surface area contributed by atoms with Crippen molar-refractivity contribution in [2.24, 2.45) is 5.92 Å². The second kappa shape index (κ2) is 11.3. The van der Waals surface area contributed by atoms with Crippen molar-refractivity contribution in [3.8, 4) is 11.5 Å². The predicted octanol–water partition coefficient (Wildman–Crippen LogP) is 9.80. The molecule has 3 rings (SSSR count). The number of unbranched alkanes of at least 4 members (excludes halogenated alkanes) is 2. The average Bonchev–Trinajstić information content (AvgIpc) is 2.80. The first-order chi connectivity index (χ1) is 16.4. The van der Waals surface area contributed by atoms with Crippen molar-refractivity contribution >= 4 is 0 Å². The van der Waals surface area contributed by atoms with Crippen LogP contribution in [-0.4, -0.2) is 5.11 Å². The van der Waals surface area contributed by atoms with Gasteiger partial charge in [-0.25, -0.2) is 0 Å². The Morgan fingerprint density at radius 3 is 2.14 bits per heavy atom. The second-order valence-electron chi connectivity index (χ2n) is 11.8. The van der Waals surface area contributed by atoms with Gasteiger partial charge in [0.1, 0.15) is 11.5 Å². The predicted molar refractivity (Wildman–Crippen MR) is 141 cm³/mol. The first-order valence-corrected chi connectivity index (χ1v) is 13.5. The van der Waals surface area contributed by atoms with Gasteiger partial charge in [0.25, 0.3) is 0 Å². The molecule has 1 aliphatic rings. The molecule has 1 fully saturated rings. The fraction of sp³-hybridized carbons (Fsp3) is 0.613. The molecule has 0 saturated heterocycles. The highest BCUT2D eigenvalue weighted by atomic mass is 19.3. The van der Waals surface area contributed by atoms with Crippen molar-refractivity contribution in [3.05, 3.63) is 58.7 Å². The summed E-state index contributed by atoms with van der Waals surface area (Å²) in [5.74, 6) is 1.50. The van der Waals surface area contributed by atoms with Crippen LogP contribution in [0.15, 0.2) is 36.4 Å². The summed E-state index contributed by atoms with van der Waals surface area (Å²) in [6.45, 7) is 12.0. The third-order valence-electron chi connectivity index (χ3n) is 7.57. The van der Waals surface area contributed by atoms with Crippen LogP contribution in [0.5, 0.6) is 11.5 Å². The highest BCUT2D eigenvalue weighted by Gasteiger charge is 2.36. The topological polar surface area (TPSA) is 29.5 Å². The number of aromatic hydroxyl groups is 1. The average molecular weight is 487 g/mol. The SMILES string of the molecule is CCCCCC1CCC(c2ccc(C(F)(F)Oc3cc(C(C)C)c(O)c(C(C)(C)C)c3)cc2)CC1. The molecule has 35 heavy (non-hydrogen) atoms. The standard InChI is InChI=1S/C31H44F2O2/c1-7-8-9-10-22-11-13-23(14-12-22)24-15-17-25(18-16-24)31(32,33)35-26-19-27(21(2)3)29(34)28(20-26)30(4,5)6/h15-23,34H,7-14H2,1-6H3. The Balaban J connectivity index is 1.72. The van der Waals surface area contributed by atoms with Crippen LogP contribution in [0.4, 0.5) is 8.78 Å². The Labute approximate surface area is 211 Å². The quantitative estimate of drug-likeness (QED) is 0.357. The molecule has 1 saturated carbocycles. The lowest BCUT2D eigenvalue weighted by Crippen LogP contribution is -2.23. The van der Waals surface area contributed by atoms with Crippen molar-refractivity contribution in [2.45, 2.75) is 116 Å².